The number of methoxy groups -OCH3 is 2. The number of nitrogens with one attached hydrogen (secondary N) is 1. The molecule has 2 heterocycles. The Balaban J connectivity index is 1.48. The summed E-state index contributed by atoms with van der Waals surface area (Å²) in [6.45, 7) is 1.23. The number of benzene rings is 3. The van der Waals surface area contributed by atoms with Crippen LogP contribution < -0.4 is 29.8 Å². The van der Waals surface area contributed by atoms with Gasteiger partial charge in [0.05, 0.1) is 31.6 Å². The third-order valence-corrected chi connectivity index (χ3v) is 6.95. The average molecular weight is 696 g/mol. The van der Waals surface area contributed by atoms with E-state index >= 15 is 4.39 Å². The van der Waals surface area contributed by atoms with Gasteiger partial charge in [0, 0.05) is 29.3 Å². The second kappa shape index (κ2) is 13.0. The molecule has 0 fully saturated rings. The zero-order valence-corrected chi connectivity index (χ0v) is 25.2. The Bertz CT molecular complexity index is 2150. The third kappa shape index (κ3) is 7.19. The van der Waals surface area contributed by atoms with Crippen molar-refractivity contribution >= 4 is 22.5 Å². The fourth-order valence-corrected chi connectivity index (χ4v) is 4.74. The molecule has 0 atom stereocenters. The van der Waals surface area contributed by atoms with Crippen LogP contribution in [0.2, 0.25) is 0 Å². The van der Waals surface area contributed by atoms with E-state index in [9.17, 15) is 40.3 Å². The van der Waals surface area contributed by atoms with Crippen molar-refractivity contribution in [2.24, 2.45) is 0 Å². The van der Waals surface area contributed by atoms with Gasteiger partial charge in [0.2, 0.25) is 0 Å². The summed E-state index contributed by atoms with van der Waals surface area (Å²) in [4.78, 5) is 30.4. The first-order chi connectivity index (χ1) is 23.0. The van der Waals surface area contributed by atoms with E-state index in [0.29, 0.717) is 18.2 Å². The van der Waals surface area contributed by atoms with Gasteiger partial charge in [-0.1, -0.05) is 6.07 Å². The minimum absolute atomic E-state index is 0.0309. The summed E-state index contributed by atoms with van der Waals surface area (Å²) in [6.07, 6.45) is -9.53. The van der Waals surface area contributed by atoms with Crippen molar-refractivity contribution in [1.29, 1.82) is 0 Å². The van der Waals surface area contributed by atoms with Crippen molar-refractivity contribution in [1.82, 2.24) is 9.55 Å². The Hall–Kier alpha value is -5.87. The molecule has 1 N–H and O–H groups in total. The van der Waals surface area contributed by atoms with Crippen molar-refractivity contribution in [3.63, 3.8) is 0 Å². The molecule has 0 spiro atoms. The normalized spacial score (nSPS) is 11.7. The summed E-state index contributed by atoms with van der Waals surface area (Å²) < 4.78 is 130. The molecule has 5 rings (SSSR count). The van der Waals surface area contributed by atoms with Crippen LogP contribution in [0.5, 0.6) is 28.7 Å². The zero-order valence-electron chi connectivity index (χ0n) is 25.2. The second-order valence-corrected chi connectivity index (χ2v) is 10.1. The Kier molecular flexibility index (Phi) is 9.12. The number of rotatable bonds is 8. The maximum atomic E-state index is 15.2. The highest BCUT2D eigenvalue weighted by Gasteiger charge is 2.37. The van der Waals surface area contributed by atoms with E-state index in [1.165, 1.54) is 33.3 Å². The van der Waals surface area contributed by atoms with Gasteiger partial charge in [-0.2, -0.15) is 13.2 Å². The van der Waals surface area contributed by atoms with Crippen molar-refractivity contribution < 1.29 is 58.9 Å². The van der Waals surface area contributed by atoms with E-state index in [1.807, 2.05) is 0 Å². The molecule has 0 radical (unpaired) electrons. The smallest absolute Gasteiger partial charge is 0.493 e. The predicted octanol–water partition coefficient (Wildman–Crippen LogP) is 7.95. The van der Waals surface area contributed by atoms with E-state index in [2.05, 4.69) is 15.0 Å². The molecule has 3 aromatic carbocycles. The van der Waals surface area contributed by atoms with Crippen molar-refractivity contribution in [2.45, 2.75) is 19.5 Å². The van der Waals surface area contributed by atoms with Crippen LogP contribution in [0.25, 0.3) is 16.6 Å². The van der Waals surface area contributed by atoms with Crippen LogP contribution in [0.3, 0.4) is 0 Å². The molecule has 0 bridgehead atoms. The summed E-state index contributed by atoms with van der Waals surface area (Å²) in [5, 5.41) is 2.27. The Labute approximate surface area is 270 Å². The van der Waals surface area contributed by atoms with Crippen LogP contribution >= 0.6 is 0 Å². The summed E-state index contributed by atoms with van der Waals surface area (Å²) >= 11 is 0. The lowest BCUT2D eigenvalue weighted by atomic mass is 10.1. The van der Waals surface area contributed by atoms with E-state index < -0.39 is 69.8 Å². The molecule has 0 saturated heterocycles. The minimum Gasteiger partial charge on any atom is -0.493 e. The maximum Gasteiger partial charge on any atom is 0.573 e. The summed E-state index contributed by atoms with van der Waals surface area (Å²) in [5.74, 6) is -4.73. The number of ether oxygens (including phenoxy) is 4. The Morgan fingerprint density at radius 3 is 2.16 bits per heavy atom. The van der Waals surface area contributed by atoms with Gasteiger partial charge in [0.1, 0.15) is 17.0 Å². The number of anilines is 1. The number of pyridine rings is 2. The van der Waals surface area contributed by atoms with Crippen molar-refractivity contribution in [3.05, 3.63) is 106 Å². The average Bonchev–Trinajstić information content (AvgIpc) is 3.02. The number of carbonyl (C=O) groups excluding carboxylic acids is 1. The number of aromatic nitrogens is 2. The molecule has 0 unspecified atom stereocenters. The minimum atomic E-state index is -5.19. The highest BCUT2D eigenvalue weighted by Crippen LogP contribution is 2.39. The van der Waals surface area contributed by atoms with Crippen LogP contribution in [0.15, 0.2) is 71.7 Å². The quantitative estimate of drug-likeness (QED) is 0.165. The zero-order chi connectivity index (χ0) is 35.8. The van der Waals surface area contributed by atoms with Gasteiger partial charge in [-0.05, 0) is 48.9 Å². The maximum absolute atomic E-state index is 15.2. The fourth-order valence-electron chi connectivity index (χ4n) is 4.74. The topological polar surface area (TPSA) is 101 Å². The first-order valence-electron chi connectivity index (χ1n) is 13.7. The van der Waals surface area contributed by atoms with E-state index in [4.69, 9.17) is 14.2 Å². The number of nitrogens with zero attached hydrogens (tertiary/aromatic N) is 2. The first kappa shape index (κ1) is 34.5. The van der Waals surface area contributed by atoms with Gasteiger partial charge < -0.3 is 24.3 Å². The van der Waals surface area contributed by atoms with Gasteiger partial charge in [0.25, 0.3) is 11.5 Å². The monoisotopic (exact) mass is 695 g/mol. The molecular weight excluding hydrogens is 674 g/mol. The molecule has 17 heteroatoms. The molecule has 49 heavy (non-hydrogen) atoms. The summed E-state index contributed by atoms with van der Waals surface area (Å²) in [6, 6.07) is 9.02. The van der Waals surface area contributed by atoms with Crippen molar-refractivity contribution in [2.75, 3.05) is 19.5 Å². The highest BCUT2D eigenvalue weighted by molar-refractivity contribution is 6.04. The van der Waals surface area contributed by atoms with Crippen molar-refractivity contribution in [3.8, 4) is 34.4 Å². The fraction of sp³-hybridized carbons (Fsp3) is 0.156. The number of amides is 1. The Morgan fingerprint density at radius 1 is 0.837 bits per heavy atom. The second-order valence-electron chi connectivity index (χ2n) is 10.1. The number of fused-ring (bicyclic) bond motifs is 1. The molecule has 2 aromatic heterocycles. The molecule has 0 saturated carbocycles. The lowest BCUT2D eigenvalue weighted by molar-refractivity contribution is -0.274. The number of hydrogen-bond acceptors (Lipinski definition) is 7. The molecule has 9 nitrogen and oxygen atoms in total. The highest BCUT2D eigenvalue weighted by atomic mass is 19.4. The number of aryl methyl sites for hydroxylation is 1. The van der Waals surface area contributed by atoms with Gasteiger partial charge >= 0.3 is 12.5 Å². The van der Waals surface area contributed by atoms with Gasteiger partial charge in [-0.15, -0.1) is 13.2 Å². The Morgan fingerprint density at radius 2 is 1.53 bits per heavy atom. The van der Waals surface area contributed by atoms with Gasteiger partial charge in [0.15, 0.2) is 34.6 Å². The SMILES string of the molecule is COc1cc2ncc(F)c(Oc3ccc(NC(=O)c4ccc(C(F)(F)F)n(-c5cc(OC(F)(F)F)ccc5C)c4=O)cc3F)c2cc1OC. The lowest BCUT2D eigenvalue weighted by Crippen LogP contribution is -2.33. The summed E-state index contributed by atoms with van der Waals surface area (Å²) in [5.41, 5.74) is -4.79. The number of carbonyl (C=O) groups is 1. The molecule has 0 aliphatic carbocycles. The number of alkyl halides is 6. The predicted molar refractivity (Wildman–Crippen MR) is 158 cm³/mol. The van der Waals surface area contributed by atoms with Crippen LogP contribution in [0.1, 0.15) is 21.6 Å². The number of halogens is 8. The van der Waals surface area contributed by atoms with E-state index in [0.717, 1.165) is 36.5 Å². The standard InChI is InChI=1S/C32H21F8N3O6/c1-15-4-6-17(49-32(38,39)40)11-23(15)43-27(31(35,36)37)9-7-18(30(43)45)29(44)42-16-5-8-24(20(33)10-16)48-28-19-12-25(46-2)26(47-3)13-22(19)41-14-21(28)34/h4-14H,1-3H3,(H,42,44). The molecule has 256 valence electrons. The molecule has 0 aliphatic rings. The van der Waals surface area contributed by atoms with Gasteiger partial charge in [-0.25, -0.2) is 8.78 Å². The molecular formula is C32H21F8N3O6. The van der Waals surface area contributed by atoms with Crippen LogP contribution in [0.4, 0.5) is 40.8 Å². The molecule has 5 aromatic rings. The largest absolute Gasteiger partial charge is 0.573 e. The first-order valence-corrected chi connectivity index (χ1v) is 13.7. The van der Waals surface area contributed by atoms with Crippen LogP contribution in [-0.4, -0.2) is 36.0 Å². The van der Waals surface area contributed by atoms with Gasteiger partial charge in [-0.3, -0.25) is 19.1 Å². The lowest BCUT2D eigenvalue weighted by Gasteiger charge is -2.19. The van der Waals surface area contributed by atoms with Crippen LogP contribution in [0, 0.1) is 18.6 Å². The number of hydrogen-bond donors (Lipinski definition) is 1. The van der Waals surface area contributed by atoms with Crippen LogP contribution in [-0.2, 0) is 6.18 Å². The van der Waals surface area contributed by atoms with E-state index in [1.54, 1.807) is 0 Å². The summed E-state index contributed by atoms with van der Waals surface area (Å²) in [7, 11) is 2.72. The molecule has 0 aliphatic heterocycles. The van der Waals surface area contributed by atoms with E-state index in [-0.39, 0.29) is 38.2 Å². The third-order valence-electron chi connectivity index (χ3n) is 6.95. The molecule has 1 amide bonds.